The van der Waals surface area contributed by atoms with Crippen LogP contribution < -0.4 is 4.74 Å². The van der Waals surface area contributed by atoms with Crippen LogP contribution in [0.4, 0.5) is 0 Å². The molecule has 130 valence electrons. The number of hydrogen-bond donors (Lipinski definition) is 0. The monoisotopic (exact) mass is 361 g/mol. The minimum atomic E-state index is -0.446. The average molecular weight is 361 g/mol. The van der Waals surface area contributed by atoms with Crippen molar-refractivity contribution in [3.05, 3.63) is 81.8 Å². The van der Waals surface area contributed by atoms with E-state index in [-0.39, 0.29) is 6.04 Å². The summed E-state index contributed by atoms with van der Waals surface area (Å²) < 4.78 is 5.24. The van der Waals surface area contributed by atoms with Gasteiger partial charge in [0.1, 0.15) is 16.7 Å². The van der Waals surface area contributed by atoms with E-state index in [0.29, 0.717) is 0 Å². The van der Waals surface area contributed by atoms with Crippen molar-refractivity contribution in [3.63, 3.8) is 0 Å². The minimum absolute atomic E-state index is 0.181. The predicted molar refractivity (Wildman–Crippen MR) is 105 cm³/mol. The van der Waals surface area contributed by atoms with Crippen molar-refractivity contribution in [3.8, 4) is 11.8 Å². The molecule has 1 heterocycles. The summed E-state index contributed by atoms with van der Waals surface area (Å²) >= 11 is 1.49. The Bertz CT molecular complexity index is 910. The summed E-state index contributed by atoms with van der Waals surface area (Å²) in [5.41, 5.74) is 3.04. The lowest BCUT2D eigenvalue weighted by molar-refractivity contribution is 0.414. The van der Waals surface area contributed by atoms with Gasteiger partial charge in [0.2, 0.25) is 0 Å². The number of hydrogen-bond acceptors (Lipinski definition) is 5. The van der Waals surface area contributed by atoms with Gasteiger partial charge < -0.3 is 4.74 Å². The molecule has 2 atom stereocenters. The average Bonchev–Trinajstić information content (AvgIpc) is 3.12. The highest BCUT2D eigenvalue weighted by molar-refractivity contribution is 7.09. The van der Waals surface area contributed by atoms with Gasteiger partial charge >= 0.3 is 0 Å². The molecular formula is C21H19N3OS. The Morgan fingerprint density at radius 1 is 1.12 bits per heavy atom. The topological polar surface area (TPSA) is 58.3 Å². The Morgan fingerprint density at radius 2 is 1.81 bits per heavy atom. The summed E-state index contributed by atoms with van der Waals surface area (Å²) in [6.07, 6.45) is 1.71. The first-order chi connectivity index (χ1) is 12.7. The van der Waals surface area contributed by atoms with Crippen LogP contribution in [0, 0.1) is 18.3 Å². The number of methoxy groups -OCH3 is 1. The largest absolute Gasteiger partial charge is 0.497 e. The molecule has 0 N–H and O–H groups in total. The van der Waals surface area contributed by atoms with Crippen LogP contribution in [-0.4, -0.2) is 18.3 Å². The summed E-state index contributed by atoms with van der Waals surface area (Å²) in [5.74, 6) is 0.357. The van der Waals surface area contributed by atoms with Gasteiger partial charge in [-0.1, -0.05) is 42.5 Å². The van der Waals surface area contributed by atoms with Crippen LogP contribution >= 0.6 is 11.3 Å². The third-order valence-corrected chi connectivity index (χ3v) is 5.02. The van der Waals surface area contributed by atoms with E-state index in [4.69, 9.17) is 9.73 Å². The number of aryl methyl sites for hydroxylation is 1. The fourth-order valence-corrected chi connectivity index (χ4v) is 3.43. The van der Waals surface area contributed by atoms with E-state index in [0.717, 1.165) is 27.6 Å². The molecule has 0 aliphatic rings. The van der Waals surface area contributed by atoms with Crippen LogP contribution in [-0.2, 0) is 0 Å². The maximum atomic E-state index is 9.52. The SMILES string of the molecule is COc1ccc([C@H](N=C[C@@H](C#N)c2nc(C)cs2)c2ccccc2)cc1. The lowest BCUT2D eigenvalue weighted by Gasteiger charge is -2.14. The smallest absolute Gasteiger partial charge is 0.133 e. The molecule has 26 heavy (non-hydrogen) atoms. The Balaban J connectivity index is 1.94. The maximum absolute atomic E-state index is 9.52. The lowest BCUT2D eigenvalue weighted by Crippen LogP contribution is -2.02. The molecule has 0 bridgehead atoms. The van der Waals surface area contributed by atoms with E-state index in [2.05, 4.69) is 11.1 Å². The third-order valence-electron chi connectivity index (χ3n) is 3.97. The molecule has 0 saturated carbocycles. The molecule has 0 aliphatic heterocycles. The van der Waals surface area contributed by atoms with Crippen LogP contribution in [0.2, 0.25) is 0 Å². The van der Waals surface area contributed by atoms with E-state index in [1.54, 1.807) is 13.3 Å². The van der Waals surface area contributed by atoms with Crippen molar-refractivity contribution in [1.29, 1.82) is 5.26 Å². The quantitative estimate of drug-likeness (QED) is 0.585. The molecule has 0 saturated heterocycles. The Labute approximate surface area is 157 Å². The highest BCUT2D eigenvalue weighted by Crippen LogP contribution is 2.28. The van der Waals surface area contributed by atoms with Gasteiger partial charge in [0.25, 0.3) is 0 Å². The van der Waals surface area contributed by atoms with Crippen LogP contribution in [0.3, 0.4) is 0 Å². The maximum Gasteiger partial charge on any atom is 0.133 e. The molecule has 0 aliphatic carbocycles. The predicted octanol–water partition coefficient (Wildman–Crippen LogP) is 4.93. The molecule has 3 rings (SSSR count). The highest BCUT2D eigenvalue weighted by Gasteiger charge is 2.16. The third kappa shape index (κ3) is 4.16. The summed E-state index contributed by atoms with van der Waals surface area (Å²) in [5, 5.41) is 12.2. The van der Waals surface area contributed by atoms with Gasteiger partial charge in [-0.3, -0.25) is 4.99 Å². The fraction of sp³-hybridized carbons (Fsp3) is 0.190. The van der Waals surface area contributed by atoms with Crippen molar-refractivity contribution in [2.24, 2.45) is 4.99 Å². The second-order valence-corrected chi connectivity index (χ2v) is 6.71. The van der Waals surface area contributed by atoms with Crippen LogP contribution in [0.1, 0.15) is 33.8 Å². The van der Waals surface area contributed by atoms with Gasteiger partial charge in [0, 0.05) is 17.3 Å². The van der Waals surface area contributed by atoms with Crippen LogP contribution in [0.25, 0.3) is 0 Å². The van der Waals surface area contributed by atoms with Crippen molar-refractivity contribution >= 4 is 17.6 Å². The summed E-state index contributed by atoms with van der Waals surface area (Å²) in [4.78, 5) is 9.17. The Hall–Kier alpha value is -2.97. The first-order valence-corrected chi connectivity index (χ1v) is 9.13. The normalized spacial score (nSPS) is 13.3. The molecule has 0 spiro atoms. The summed E-state index contributed by atoms with van der Waals surface area (Å²) in [6.45, 7) is 1.93. The standard InChI is InChI=1S/C21H19N3OS/c1-15-14-26-21(24-15)18(12-22)13-23-20(16-6-4-3-5-7-16)17-8-10-19(25-2)11-9-17/h3-11,13-14,18,20H,1-2H3/t18-,20-/m1/s1. The highest BCUT2D eigenvalue weighted by atomic mass is 32.1. The van der Waals surface area contributed by atoms with Gasteiger partial charge in [-0.15, -0.1) is 11.3 Å². The minimum Gasteiger partial charge on any atom is -0.497 e. The van der Waals surface area contributed by atoms with Crippen molar-refractivity contribution in [2.45, 2.75) is 18.9 Å². The van der Waals surface area contributed by atoms with Gasteiger partial charge in [0.05, 0.1) is 19.2 Å². The number of nitriles is 1. The van der Waals surface area contributed by atoms with Gasteiger partial charge in [0.15, 0.2) is 0 Å². The number of benzene rings is 2. The first-order valence-electron chi connectivity index (χ1n) is 8.25. The number of aromatic nitrogens is 1. The van der Waals surface area contributed by atoms with Gasteiger partial charge in [-0.25, -0.2) is 4.98 Å². The lowest BCUT2D eigenvalue weighted by atomic mass is 9.99. The molecule has 0 amide bonds. The first kappa shape index (κ1) is 17.8. The van der Waals surface area contributed by atoms with Crippen LogP contribution in [0.5, 0.6) is 5.75 Å². The fourth-order valence-electron chi connectivity index (χ4n) is 2.63. The van der Waals surface area contributed by atoms with Crippen LogP contribution in [0.15, 0.2) is 65.0 Å². The summed E-state index contributed by atoms with van der Waals surface area (Å²) in [6, 6.07) is 20.0. The molecule has 0 radical (unpaired) electrons. The zero-order valence-corrected chi connectivity index (χ0v) is 15.5. The van der Waals surface area contributed by atoms with Crippen molar-refractivity contribution < 1.29 is 4.74 Å². The van der Waals surface area contributed by atoms with E-state index in [1.165, 1.54) is 11.3 Å². The molecule has 4 nitrogen and oxygen atoms in total. The van der Waals surface area contributed by atoms with Gasteiger partial charge in [-0.2, -0.15) is 5.26 Å². The van der Waals surface area contributed by atoms with E-state index >= 15 is 0 Å². The number of rotatable bonds is 6. The number of nitrogens with zero attached hydrogens (tertiary/aromatic N) is 3. The number of aliphatic imine (C=N–C) groups is 1. The second-order valence-electron chi connectivity index (χ2n) is 5.82. The molecule has 3 aromatic rings. The zero-order valence-electron chi connectivity index (χ0n) is 14.7. The second kappa shape index (κ2) is 8.41. The molecule has 1 aromatic heterocycles. The Kier molecular flexibility index (Phi) is 5.77. The number of thiazole rings is 1. The Morgan fingerprint density at radius 3 is 2.38 bits per heavy atom. The molecule has 0 unspecified atom stereocenters. The van der Waals surface area contributed by atoms with Crippen molar-refractivity contribution in [2.75, 3.05) is 7.11 Å². The van der Waals surface area contributed by atoms with E-state index < -0.39 is 5.92 Å². The van der Waals surface area contributed by atoms with E-state index in [1.807, 2.05) is 66.9 Å². The zero-order chi connectivity index (χ0) is 18.4. The number of ether oxygens (including phenoxy) is 1. The molecule has 0 fully saturated rings. The van der Waals surface area contributed by atoms with Gasteiger partial charge in [-0.05, 0) is 30.2 Å². The molecular weight excluding hydrogens is 342 g/mol. The summed E-state index contributed by atoms with van der Waals surface area (Å²) in [7, 11) is 1.65. The van der Waals surface area contributed by atoms with E-state index in [9.17, 15) is 5.26 Å². The van der Waals surface area contributed by atoms with Crippen molar-refractivity contribution in [1.82, 2.24) is 4.98 Å². The molecule has 5 heteroatoms. The molecule has 2 aromatic carbocycles.